The van der Waals surface area contributed by atoms with Crippen LogP contribution in [0.15, 0.2) is 18.3 Å². The number of nitrogens with zero attached hydrogens (tertiary/aromatic N) is 1. The number of hydrogen-bond acceptors (Lipinski definition) is 1. The summed E-state index contributed by atoms with van der Waals surface area (Å²) in [5.41, 5.74) is -0.0498. The van der Waals surface area contributed by atoms with Crippen molar-refractivity contribution in [2.45, 2.75) is 45.2 Å². The van der Waals surface area contributed by atoms with Crippen molar-refractivity contribution in [1.29, 1.82) is 0 Å². The Bertz CT molecular complexity index is 333. The summed E-state index contributed by atoms with van der Waals surface area (Å²) >= 11 is 0. The average molecular weight is 231 g/mol. The second kappa shape index (κ2) is 5.32. The number of halogens is 3. The minimum atomic E-state index is -4.35. The summed E-state index contributed by atoms with van der Waals surface area (Å²) in [5.74, 6) is 0.203. The number of pyridine rings is 1. The van der Waals surface area contributed by atoms with Gasteiger partial charge in [-0.15, -0.1) is 0 Å². The van der Waals surface area contributed by atoms with Crippen molar-refractivity contribution in [1.82, 2.24) is 4.98 Å². The van der Waals surface area contributed by atoms with E-state index in [9.17, 15) is 13.2 Å². The standard InChI is InChI=1S/C12H16F3N/c1-3-5-9(4-2)10-6-7-16-11(8-10)12(13,14)15/h6-9H,3-5H2,1-2H3/t9-/m0/s1. The van der Waals surface area contributed by atoms with Crippen molar-refractivity contribution in [2.75, 3.05) is 0 Å². The van der Waals surface area contributed by atoms with Crippen LogP contribution in [0, 0.1) is 0 Å². The maximum atomic E-state index is 12.5. The first kappa shape index (κ1) is 13.0. The molecule has 1 heterocycles. The summed E-state index contributed by atoms with van der Waals surface area (Å²) in [6.45, 7) is 4.03. The Morgan fingerprint density at radius 1 is 1.31 bits per heavy atom. The summed E-state index contributed by atoms with van der Waals surface area (Å²) in [5, 5.41) is 0. The quantitative estimate of drug-likeness (QED) is 0.748. The van der Waals surface area contributed by atoms with Crippen molar-refractivity contribution in [3.05, 3.63) is 29.6 Å². The first-order valence-electron chi connectivity index (χ1n) is 5.52. The van der Waals surface area contributed by atoms with Gasteiger partial charge in [0.15, 0.2) is 0 Å². The van der Waals surface area contributed by atoms with Gasteiger partial charge < -0.3 is 0 Å². The van der Waals surface area contributed by atoms with Crippen molar-refractivity contribution >= 4 is 0 Å². The van der Waals surface area contributed by atoms with Crippen LogP contribution in [-0.4, -0.2) is 4.98 Å². The molecule has 0 aliphatic heterocycles. The summed E-state index contributed by atoms with van der Waals surface area (Å²) in [6.07, 6.45) is -0.355. The smallest absolute Gasteiger partial charge is 0.252 e. The third kappa shape index (κ3) is 3.22. The number of alkyl halides is 3. The van der Waals surface area contributed by atoms with Gasteiger partial charge in [-0.25, -0.2) is 0 Å². The Kier molecular flexibility index (Phi) is 4.33. The van der Waals surface area contributed by atoms with Crippen LogP contribution >= 0.6 is 0 Å². The predicted molar refractivity (Wildman–Crippen MR) is 57.2 cm³/mol. The molecule has 90 valence electrons. The number of hydrogen-bond donors (Lipinski definition) is 0. The molecule has 0 radical (unpaired) electrons. The van der Waals surface area contributed by atoms with Crippen LogP contribution in [0.4, 0.5) is 13.2 Å². The van der Waals surface area contributed by atoms with Gasteiger partial charge in [0.1, 0.15) is 5.69 Å². The lowest BCUT2D eigenvalue weighted by molar-refractivity contribution is -0.141. The Morgan fingerprint density at radius 2 is 2.00 bits per heavy atom. The van der Waals surface area contributed by atoms with Crippen molar-refractivity contribution in [3.63, 3.8) is 0 Å². The number of aromatic nitrogens is 1. The fourth-order valence-electron chi connectivity index (χ4n) is 1.81. The first-order valence-corrected chi connectivity index (χ1v) is 5.52. The van der Waals surface area contributed by atoms with Crippen LogP contribution in [0.3, 0.4) is 0 Å². The lowest BCUT2D eigenvalue weighted by atomic mass is 9.92. The molecule has 0 aromatic carbocycles. The lowest BCUT2D eigenvalue weighted by Gasteiger charge is -2.15. The third-order valence-electron chi connectivity index (χ3n) is 2.68. The third-order valence-corrected chi connectivity index (χ3v) is 2.68. The van der Waals surface area contributed by atoms with Gasteiger partial charge in [-0.3, -0.25) is 4.98 Å². The molecule has 0 aliphatic rings. The zero-order valence-electron chi connectivity index (χ0n) is 9.51. The molecular weight excluding hydrogens is 215 g/mol. The van der Waals surface area contributed by atoms with E-state index in [2.05, 4.69) is 4.98 Å². The predicted octanol–water partition coefficient (Wildman–Crippen LogP) is 4.39. The molecule has 0 aliphatic carbocycles. The van der Waals surface area contributed by atoms with Crippen LogP contribution in [0.5, 0.6) is 0 Å². The molecule has 1 atom stereocenters. The minimum absolute atomic E-state index is 0.203. The Balaban J connectivity index is 2.97. The van der Waals surface area contributed by atoms with Crippen molar-refractivity contribution < 1.29 is 13.2 Å². The van der Waals surface area contributed by atoms with Gasteiger partial charge >= 0.3 is 6.18 Å². The van der Waals surface area contributed by atoms with E-state index >= 15 is 0 Å². The van der Waals surface area contributed by atoms with E-state index in [1.165, 1.54) is 12.3 Å². The van der Waals surface area contributed by atoms with Gasteiger partial charge in [0.25, 0.3) is 0 Å². The van der Waals surface area contributed by atoms with Gasteiger partial charge in [-0.05, 0) is 36.5 Å². The molecule has 0 saturated carbocycles. The zero-order chi connectivity index (χ0) is 12.2. The highest BCUT2D eigenvalue weighted by molar-refractivity contribution is 5.22. The Morgan fingerprint density at radius 3 is 2.50 bits per heavy atom. The molecule has 0 bridgehead atoms. The molecular formula is C12H16F3N. The number of rotatable bonds is 4. The molecule has 1 aromatic heterocycles. The Hall–Kier alpha value is -1.06. The van der Waals surface area contributed by atoms with Gasteiger partial charge in [0.2, 0.25) is 0 Å². The highest BCUT2D eigenvalue weighted by atomic mass is 19.4. The maximum absolute atomic E-state index is 12.5. The Labute approximate surface area is 93.7 Å². The highest BCUT2D eigenvalue weighted by Crippen LogP contribution is 2.31. The molecule has 0 unspecified atom stereocenters. The van der Waals surface area contributed by atoms with Crippen LogP contribution in [0.1, 0.15) is 50.3 Å². The molecule has 0 fully saturated rings. The molecule has 4 heteroatoms. The van der Waals surface area contributed by atoms with Crippen molar-refractivity contribution in [2.24, 2.45) is 0 Å². The molecule has 0 saturated heterocycles. The van der Waals surface area contributed by atoms with Crippen LogP contribution in [-0.2, 0) is 6.18 Å². The van der Waals surface area contributed by atoms with E-state index < -0.39 is 11.9 Å². The van der Waals surface area contributed by atoms with E-state index in [1.54, 1.807) is 6.07 Å². The maximum Gasteiger partial charge on any atom is 0.433 e. The van der Waals surface area contributed by atoms with Gasteiger partial charge in [-0.2, -0.15) is 13.2 Å². The largest absolute Gasteiger partial charge is 0.433 e. The lowest BCUT2D eigenvalue weighted by Crippen LogP contribution is -2.09. The monoisotopic (exact) mass is 231 g/mol. The summed E-state index contributed by atoms with van der Waals surface area (Å²) < 4.78 is 37.4. The van der Waals surface area contributed by atoms with E-state index in [4.69, 9.17) is 0 Å². The molecule has 1 aromatic rings. The van der Waals surface area contributed by atoms with Crippen LogP contribution in [0.25, 0.3) is 0 Å². The molecule has 0 N–H and O–H groups in total. The van der Waals surface area contributed by atoms with E-state index in [-0.39, 0.29) is 5.92 Å². The van der Waals surface area contributed by atoms with E-state index in [0.29, 0.717) is 0 Å². The second-order valence-corrected chi connectivity index (χ2v) is 3.87. The average Bonchev–Trinajstić information content (AvgIpc) is 2.25. The molecule has 0 amide bonds. The van der Waals surface area contributed by atoms with Gasteiger partial charge in [0.05, 0.1) is 0 Å². The van der Waals surface area contributed by atoms with Crippen molar-refractivity contribution in [3.8, 4) is 0 Å². The normalized spacial score (nSPS) is 13.8. The van der Waals surface area contributed by atoms with E-state index in [1.807, 2.05) is 13.8 Å². The first-order chi connectivity index (χ1) is 7.49. The fraction of sp³-hybridized carbons (Fsp3) is 0.583. The SMILES string of the molecule is CCC[C@H](CC)c1ccnc(C(F)(F)F)c1. The highest BCUT2D eigenvalue weighted by Gasteiger charge is 2.32. The van der Waals surface area contributed by atoms with Crippen LogP contribution in [0.2, 0.25) is 0 Å². The zero-order valence-corrected chi connectivity index (χ0v) is 9.51. The minimum Gasteiger partial charge on any atom is -0.252 e. The van der Waals surface area contributed by atoms with Crippen LogP contribution < -0.4 is 0 Å². The summed E-state index contributed by atoms with van der Waals surface area (Å²) in [4.78, 5) is 3.36. The molecule has 1 nitrogen and oxygen atoms in total. The van der Waals surface area contributed by atoms with Gasteiger partial charge in [0, 0.05) is 6.20 Å². The van der Waals surface area contributed by atoms with E-state index in [0.717, 1.165) is 24.8 Å². The van der Waals surface area contributed by atoms with Gasteiger partial charge in [-0.1, -0.05) is 20.3 Å². The fourth-order valence-corrected chi connectivity index (χ4v) is 1.81. The topological polar surface area (TPSA) is 12.9 Å². The molecule has 16 heavy (non-hydrogen) atoms. The summed E-state index contributed by atoms with van der Waals surface area (Å²) in [6, 6.07) is 2.85. The molecule has 0 spiro atoms. The summed E-state index contributed by atoms with van der Waals surface area (Å²) in [7, 11) is 0. The second-order valence-electron chi connectivity index (χ2n) is 3.87. The molecule has 1 rings (SSSR count).